The van der Waals surface area contributed by atoms with E-state index < -0.39 is 0 Å². The van der Waals surface area contributed by atoms with Gasteiger partial charge < -0.3 is 0 Å². The van der Waals surface area contributed by atoms with Crippen molar-refractivity contribution in [2.45, 2.75) is 0 Å². The summed E-state index contributed by atoms with van der Waals surface area (Å²) in [6.07, 6.45) is 3.77. The van der Waals surface area contributed by atoms with Crippen LogP contribution in [0.1, 0.15) is 21.5 Å². The topological polar surface area (TPSA) is 33.2 Å². The van der Waals surface area contributed by atoms with Crippen molar-refractivity contribution in [1.82, 2.24) is 4.98 Å². The molecule has 0 spiro atoms. The van der Waals surface area contributed by atoms with Crippen LogP contribution in [0.4, 0.5) is 5.69 Å². The molecule has 1 amide bonds. The van der Waals surface area contributed by atoms with Gasteiger partial charge in [-0.1, -0.05) is 60.1 Å². The maximum Gasteiger partial charge on any atom is 0.263 e. The summed E-state index contributed by atoms with van der Waals surface area (Å²) in [6.45, 7) is 0. The van der Waals surface area contributed by atoms with Gasteiger partial charge >= 0.3 is 0 Å². The molecule has 2 heterocycles. The maximum absolute atomic E-state index is 13.3. The highest BCUT2D eigenvalue weighted by molar-refractivity contribution is 6.30. The molecule has 1 aromatic heterocycles. The minimum Gasteiger partial charge on any atom is -0.274 e. The molecule has 0 fully saturated rings. The fourth-order valence-corrected chi connectivity index (χ4v) is 3.74. The van der Waals surface area contributed by atoms with Crippen molar-refractivity contribution in [3.05, 3.63) is 107 Å². The lowest BCUT2D eigenvalue weighted by Gasteiger charge is -2.20. The van der Waals surface area contributed by atoms with Gasteiger partial charge in [0, 0.05) is 27.7 Å². The number of para-hydroxylation sites is 1. The highest BCUT2D eigenvalue weighted by Gasteiger charge is 2.34. The summed E-state index contributed by atoms with van der Waals surface area (Å²) in [6, 6.07) is 25.1. The standard InChI is InChI=1S/C24H15ClN2O/c25-18-12-10-16(11-13-18)15-22-19-7-1-2-8-20(19)24(28)27(22)21-9-3-5-17-6-4-14-26-23(17)21/h1-15H/b22-15+. The SMILES string of the molecule is O=C1c2ccccc2/C(=C\c2ccc(Cl)cc2)N1c1cccc2cccnc12. The van der Waals surface area contributed by atoms with Crippen molar-refractivity contribution in [1.29, 1.82) is 0 Å². The first-order valence-corrected chi connectivity index (χ1v) is 9.35. The highest BCUT2D eigenvalue weighted by atomic mass is 35.5. The summed E-state index contributed by atoms with van der Waals surface area (Å²) < 4.78 is 0. The van der Waals surface area contributed by atoms with Crippen LogP contribution in [0.15, 0.2) is 85.1 Å². The Hall–Kier alpha value is -3.43. The molecule has 0 bridgehead atoms. The Morgan fingerprint density at radius 2 is 1.57 bits per heavy atom. The van der Waals surface area contributed by atoms with Crippen LogP contribution in [0.3, 0.4) is 0 Å². The van der Waals surface area contributed by atoms with E-state index in [9.17, 15) is 4.79 Å². The number of anilines is 1. The first-order valence-electron chi connectivity index (χ1n) is 8.97. The largest absolute Gasteiger partial charge is 0.274 e. The van der Waals surface area contributed by atoms with Gasteiger partial charge in [0.2, 0.25) is 0 Å². The van der Waals surface area contributed by atoms with E-state index in [1.54, 1.807) is 11.1 Å². The van der Waals surface area contributed by atoms with Crippen LogP contribution in [0.2, 0.25) is 5.02 Å². The molecule has 134 valence electrons. The van der Waals surface area contributed by atoms with Crippen LogP contribution < -0.4 is 4.90 Å². The third-order valence-corrected chi connectivity index (χ3v) is 5.16. The molecule has 0 radical (unpaired) electrons. The van der Waals surface area contributed by atoms with E-state index in [-0.39, 0.29) is 5.91 Å². The summed E-state index contributed by atoms with van der Waals surface area (Å²) in [5.74, 6) is -0.0473. The minimum atomic E-state index is -0.0473. The molecule has 0 aliphatic carbocycles. The lowest BCUT2D eigenvalue weighted by Crippen LogP contribution is -2.22. The monoisotopic (exact) mass is 382 g/mol. The Morgan fingerprint density at radius 1 is 0.821 bits per heavy atom. The average Bonchev–Trinajstić information content (AvgIpc) is 3.01. The second-order valence-electron chi connectivity index (χ2n) is 6.62. The number of carbonyl (C=O) groups excluding carboxylic acids is 1. The van der Waals surface area contributed by atoms with Gasteiger partial charge in [0.1, 0.15) is 0 Å². The fourth-order valence-electron chi connectivity index (χ4n) is 3.61. The summed E-state index contributed by atoms with van der Waals surface area (Å²) in [5.41, 5.74) is 4.99. The molecular formula is C24H15ClN2O. The van der Waals surface area contributed by atoms with Gasteiger partial charge in [-0.15, -0.1) is 0 Å². The zero-order valence-corrected chi connectivity index (χ0v) is 15.6. The minimum absolute atomic E-state index is 0.0473. The Balaban J connectivity index is 1.75. The Morgan fingerprint density at radius 3 is 2.39 bits per heavy atom. The van der Waals surface area contributed by atoms with Gasteiger partial charge in [-0.2, -0.15) is 0 Å². The predicted molar refractivity (Wildman–Crippen MR) is 114 cm³/mol. The molecule has 3 nitrogen and oxygen atoms in total. The number of halogens is 1. The summed E-state index contributed by atoms with van der Waals surface area (Å²) in [4.78, 5) is 19.6. The molecule has 4 heteroatoms. The lowest BCUT2D eigenvalue weighted by atomic mass is 10.1. The number of hydrogen-bond donors (Lipinski definition) is 0. The number of carbonyl (C=O) groups is 1. The first kappa shape index (κ1) is 16.7. The fraction of sp³-hybridized carbons (Fsp3) is 0. The molecule has 0 saturated heterocycles. The number of nitrogens with zero attached hydrogens (tertiary/aromatic N) is 2. The molecule has 1 aliphatic heterocycles. The summed E-state index contributed by atoms with van der Waals surface area (Å²) in [7, 11) is 0. The summed E-state index contributed by atoms with van der Waals surface area (Å²) in [5, 5.41) is 1.68. The van der Waals surface area contributed by atoms with Gasteiger partial charge in [-0.3, -0.25) is 14.7 Å². The zero-order chi connectivity index (χ0) is 19.1. The van der Waals surface area contributed by atoms with Crippen molar-refractivity contribution in [3.8, 4) is 0 Å². The van der Waals surface area contributed by atoms with E-state index >= 15 is 0 Å². The van der Waals surface area contributed by atoms with E-state index in [1.807, 2.05) is 84.9 Å². The number of rotatable bonds is 2. The van der Waals surface area contributed by atoms with Gasteiger partial charge in [0.25, 0.3) is 5.91 Å². The second kappa shape index (κ2) is 6.63. The summed E-state index contributed by atoms with van der Waals surface area (Å²) >= 11 is 6.03. The van der Waals surface area contributed by atoms with Crippen molar-refractivity contribution in [2.24, 2.45) is 0 Å². The van der Waals surface area contributed by atoms with E-state index in [1.165, 1.54) is 0 Å². The second-order valence-corrected chi connectivity index (χ2v) is 7.06. The molecule has 5 rings (SSSR count). The molecular weight excluding hydrogens is 368 g/mol. The normalized spacial score (nSPS) is 14.7. The van der Waals surface area contributed by atoms with Crippen LogP contribution >= 0.6 is 11.6 Å². The van der Waals surface area contributed by atoms with E-state index in [0.717, 1.165) is 33.4 Å². The third kappa shape index (κ3) is 2.68. The van der Waals surface area contributed by atoms with E-state index in [4.69, 9.17) is 11.6 Å². The Kier molecular flexibility index (Phi) is 3.96. The number of fused-ring (bicyclic) bond motifs is 2. The van der Waals surface area contributed by atoms with Gasteiger partial charge in [0.15, 0.2) is 0 Å². The average molecular weight is 383 g/mol. The number of amides is 1. The van der Waals surface area contributed by atoms with Crippen molar-refractivity contribution < 1.29 is 4.79 Å². The smallest absolute Gasteiger partial charge is 0.263 e. The van der Waals surface area contributed by atoms with Crippen LogP contribution in [0.5, 0.6) is 0 Å². The first-order chi connectivity index (χ1) is 13.7. The van der Waals surface area contributed by atoms with E-state index in [0.29, 0.717) is 10.6 Å². The zero-order valence-electron chi connectivity index (χ0n) is 14.8. The third-order valence-electron chi connectivity index (χ3n) is 4.90. The molecule has 0 saturated carbocycles. The maximum atomic E-state index is 13.3. The number of pyridine rings is 1. The Bertz CT molecular complexity index is 1240. The van der Waals surface area contributed by atoms with Crippen molar-refractivity contribution in [2.75, 3.05) is 4.90 Å². The van der Waals surface area contributed by atoms with Crippen LogP contribution in [-0.4, -0.2) is 10.9 Å². The van der Waals surface area contributed by atoms with Crippen LogP contribution in [0, 0.1) is 0 Å². The Labute approximate surface area is 167 Å². The molecule has 4 aromatic rings. The molecule has 0 unspecified atom stereocenters. The molecule has 28 heavy (non-hydrogen) atoms. The number of aromatic nitrogens is 1. The van der Waals surface area contributed by atoms with Gasteiger partial charge in [0.05, 0.1) is 16.9 Å². The van der Waals surface area contributed by atoms with Crippen LogP contribution in [0.25, 0.3) is 22.7 Å². The molecule has 3 aromatic carbocycles. The molecule has 1 aliphatic rings. The van der Waals surface area contributed by atoms with Crippen molar-refractivity contribution in [3.63, 3.8) is 0 Å². The lowest BCUT2D eigenvalue weighted by molar-refractivity contribution is 0.101. The van der Waals surface area contributed by atoms with Crippen LogP contribution in [-0.2, 0) is 0 Å². The molecule has 0 N–H and O–H groups in total. The number of benzene rings is 3. The highest BCUT2D eigenvalue weighted by Crippen LogP contribution is 2.40. The number of hydrogen-bond acceptors (Lipinski definition) is 2. The van der Waals surface area contributed by atoms with Crippen molar-refractivity contribution >= 4 is 45.9 Å². The van der Waals surface area contributed by atoms with Gasteiger partial charge in [-0.05, 0) is 42.0 Å². The van der Waals surface area contributed by atoms with Gasteiger partial charge in [-0.25, -0.2) is 0 Å². The quantitative estimate of drug-likeness (QED) is 0.423. The molecule has 0 atom stereocenters. The van der Waals surface area contributed by atoms with E-state index in [2.05, 4.69) is 4.98 Å². The predicted octanol–water partition coefficient (Wildman–Crippen LogP) is 6.05.